The van der Waals surface area contributed by atoms with Crippen LogP contribution >= 0.6 is 11.8 Å². The first-order valence-corrected chi connectivity index (χ1v) is 9.71. The van der Waals surface area contributed by atoms with E-state index in [-0.39, 0.29) is 17.3 Å². The Labute approximate surface area is 174 Å². The minimum atomic E-state index is -0.542. The van der Waals surface area contributed by atoms with Crippen LogP contribution < -0.4 is 11.2 Å². The molecule has 0 saturated carbocycles. The second-order valence-corrected chi connectivity index (χ2v) is 7.07. The molecule has 11 nitrogen and oxygen atoms in total. The smallest absolute Gasteiger partial charge is 0.293 e. The number of furan rings is 1. The molecule has 0 radical (unpaired) electrons. The first-order valence-electron chi connectivity index (χ1n) is 8.72. The highest BCUT2D eigenvalue weighted by Crippen LogP contribution is 2.25. The molecule has 0 spiro atoms. The van der Waals surface area contributed by atoms with Crippen LogP contribution in [0.1, 0.15) is 27.7 Å². The van der Waals surface area contributed by atoms with Crippen molar-refractivity contribution in [3.05, 3.63) is 65.4 Å². The molecule has 0 aliphatic carbocycles. The zero-order valence-electron chi connectivity index (χ0n) is 15.7. The number of carbonyl (C=O) groups is 1. The third-order valence-corrected chi connectivity index (χ3v) is 4.94. The molecule has 1 amide bonds. The highest BCUT2D eigenvalue weighted by molar-refractivity contribution is 7.98. The molecule has 0 saturated heterocycles. The number of hydrogen-bond donors (Lipinski definition) is 2. The van der Waals surface area contributed by atoms with Crippen LogP contribution in [0.15, 0.2) is 61.5 Å². The first kappa shape index (κ1) is 19.4. The van der Waals surface area contributed by atoms with E-state index in [1.165, 1.54) is 22.7 Å². The summed E-state index contributed by atoms with van der Waals surface area (Å²) in [5.74, 6) is 1.26. The van der Waals surface area contributed by atoms with E-state index in [4.69, 9.17) is 10.2 Å². The number of nitrogens with two attached hydrogens (primary N) is 1. The lowest BCUT2D eigenvalue weighted by molar-refractivity contribution is 0.0949. The maximum Gasteiger partial charge on any atom is 0.293 e. The predicted octanol–water partition coefficient (Wildman–Crippen LogP) is 2.19. The molecule has 4 aromatic rings. The van der Waals surface area contributed by atoms with Crippen molar-refractivity contribution in [1.82, 2.24) is 30.7 Å². The molecule has 12 heteroatoms. The number of rotatable bonds is 7. The Morgan fingerprint density at radius 1 is 1.27 bits per heavy atom. The van der Waals surface area contributed by atoms with Crippen LogP contribution in [0, 0.1) is 6.92 Å². The van der Waals surface area contributed by atoms with E-state index in [1.54, 1.807) is 12.1 Å². The summed E-state index contributed by atoms with van der Waals surface area (Å²) in [6.07, 6.45) is 1.40. The third-order valence-electron chi connectivity index (χ3n) is 3.91. The zero-order valence-corrected chi connectivity index (χ0v) is 16.5. The largest absolute Gasteiger partial charge is 0.460 e. The summed E-state index contributed by atoms with van der Waals surface area (Å²) in [6, 6.07) is 13.2. The van der Waals surface area contributed by atoms with Crippen LogP contribution in [0.5, 0.6) is 0 Å². The highest BCUT2D eigenvalue weighted by Gasteiger charge is 2.24. The standard InChI is InChI=1S/C18H16N8O3S/c1-11-7-8-12(28-11)9-20-22-18(27)15-14(10-30-13-5-3-2-4-6-13)26(25-21-15)17-16(19)23-29-24-17/h2-9H,10H2,1H3,(H2,19,23)(H,22,27)/b20-9-. The van der Waals surface area contributed by atoms with Gasteiger partial charge in [0.2, 0.25) is 11.6 Å². The molecule has 0 bridgehead atoms. The molecule has 0 aliphatic heterocycles. The molecular formula is C18H16N8O3S. The molecular weight excluding hydrogens is 408 g/mol. The molecule has 1 aromatic carbocycles. The Kier molecular flexibility index (Phi) is 5.57. The van der Waals surface area contributed by atoms with Crippen molar-refractivity contribution in [2.24, 2.45) is 5.10 Å². The van der Waals surface area contributed by atoms with E-state index in [9.17, 15) is 4.79 Å². The molecule has 0 unspecified atom stereocenters. The van der Waals surface area contributed by atoms with Gasteiger partial charge in [-0.25, -0.2) is 10.1 Å². The summed E-state index contributed by atoms with van der Waals surface area (Å²) < 4.78 is 11.4. The molecule has 3 aromatic heterocycles. The molecule has 30 heavy (non-hydrogen) atoms. The van der Waals surface area contributed by atoms with Gasteiger partial charge in [0.05, 0.1) is 11.9 Å². The summed E-state index contributed by atoms with van der Waals surface area (Å²) in [6.45, 7) is 1.81. The van der Waals surface area contributed by atoms with Gasteiger partial charge in [-0.2, -0.15) is 9.78 Å². The van der Waals surface area contributed by atoms with Gasteiger partial charge in [-0.05, 0) is 41.5 Å². The van der Waals surface area contributed by atoms with Crippen LogP contribution in [0.2, 0.25) is 0 Å². The Morgan fingerprint density at radius 2 is 2.10 bits per heavy atom. The molecule has 0 aliphatic rings. The molecule has 3 N–H and O–H groups in total. The Bertz CT molecular complexity index is 1180. The van der Waals surface area contributed by atoms with Crippen LogP contribution in [0.25, 0.3) is 5.82 Å². The van der Waals surface area contributed by atoms with Gasteiger partial charge in [-0.1, -0.05) is 23.4 Å². The van der Waals surface area contributed by atoms with E-state index in [0.717, 1.165) is 10.7 Å². The third kappa shape index (κ3) is 4.22. The SMILES string of the molecule is Cc1ccc(/C=N\NC(=O)c2nnn(-c3nonc3N)c2CSc2ccccc2)o1. The number of hydrogen-bond acceptors (Lipinski definition) is 10. The summed E-state index contributed by atoms with van der Waals surface area (Å²) >= 11 is 1.50. The summed E-state index contributed by atoms with van der Waals surface area (Å²) in [4.78, 5) is 13.7. The minimum absolute atomic E-state index is 0.0315. The Hall–Kier alpha value is -3.93. The number of nitrogens with one attached hydrogen (secondary N) is 1. The lowest BCUT2D eigenvalue weighted by Gasteiger charge is -2.05. The van der Waals surface area contributed by atoms with Gasteiger partial charge in [0.15, 0.2) is 5.69 Å². The maximum atomic E-state index is 12.7. The molecule has 4 rings (SSSR count). The van der Waals surface area contributed by atoms with E-state index >= 15 is 0 Å². The van der Waals surface area contributed by atoms with Crippen molar-refractivity contribution in [3.8, 4) is 5.82 Å². The van der Waals surface area contributed by atoms with Crippen LogP contribution in [-0.4, -0.2) is 37.4 Å². The number of benzene rings is 1. The van der Waals surface area contributed by atoms with E-state index in [2.05, 4.69) is 35.8 Å². The first-order chi connectivity index (χ1) is 14.6. The molecule has 152 valence electrons. The fraction of sp³-hybridized carbons (Fsp3) is 0.111. The summed E-state index contributed by atoms with van der Waals surface area (Å²) in [7, 11) is 0. The number of aryl methyl sites for hydroxylation is 1. The maximum absolute atomic E-state index is 12.7. The fourth-order valence-electron chi connectivity index (χ4n) is 2.51. The minimum Gasteiger partial charge on any atom is -0.460 e. The van der Waals surface area contributed by atoms with Crippen molar-refractivity contribution in [2.75, 3.05) is 5.73 Å². The van der Waals surface area contributed by atoms with Crippen molar-refractivity contribution in [3.63, 3.8) is 0 Å². The van der Waals surface area contributed by atoms with E-state index in [1.807, 2.05) is 37.3 Å². The molecule has 3 heterocycles. The summed E-state index contributed by atoms with van der Waals surface area (Å²) in [5.41, 5.74) is 8.75. The Morgan fingerprint density at radius 3 is 2.80 bits per heavy atom. The van der Waals surface area contributed by atoms with Gasteiger partial charge >= 0.3 is 0 Å². The number of amides is 1. The fourth-order valence-corrected chi connectivity index (χ4v) is 3.43. The number of nitrogen functional groups attached to an aromatic ring is 1. The van der Waals surface area contributed by atoms with Crippen LogP contribution in [0.4, 0.5) is 5.82 Å². The van der Waals surface area contributed by atoms with Gasteiger partial charge in [0, 0.05) is 10.6 Å². The van der Waals surface area contributed by atoms with Gasteiger partial charge in [0.1, 0.15) is 11.5 Å². The second-order valence-electron chi connectivity index (χ2n) is 6.02. The number of anilines is 1. The van der Waals surface area contributed by atoms with Gasteiger partial charge in [-0.15, -0.1) is 16.9 Å². The quantitative estimate of drug-likeness (QED) is 0.258. The number of hydrazone groups is 1. The zero-order chi connectivity index (χ0) is 20.9. The Balaban J connectivity index is 1.58. The van der Waals surface area contributed by atoms with Gasteiger partial charge < -0.3 is 10.2 Å². The van der Waals surface area contributed by atoms with Crippen molar-refractivity contribution >= 4 is 29.7 Å². The average Bonchev–Trinajstić information content (AvgIpc) is 3.47. The monoisotopic (exact) mass is 424 g/mol. The van der Waals surface area contributed by atoms with Crippen molar-refractivity contribution in [2.45, 2.75) is 17.6 Å². The van der Waals surface area contributed by atoms with Gasteiger partial charge in [-0.3, -0.25) is 4.79 Å². The average molecular weight is 424 g/mol. The van der Waals surface area contributed by atoms with Crippen LogP contribution in [-0.2, 0) is 5.75 Å². The van der Waals surface area contributed by atoms with Gasteiger partial charge in [0.25, 0.3) is 5.91 Å². The normalized spacial score (nSPS) is 11.2. The summed E-state index contributed by atoms with van der Waals surface area (Å²) in [5, 5.41) is 19.2. The predicted molar refractivity (Wildman–Crippen MR) is 108 cm³/mol. The lowest BCUT2D eigenvalue weighted by atomic mass is 10.3. The van der Waals surface area contributed by atoms with E-state index < -0.39 is 5.91 Å². The topological polar surface area (TPSA) is 150 Å². The lowest BCUT2D eigenvalue weighted by Crippen LogP contribution is -2.20. The number of carbonyl (C=O) groups excluding carboxylic acids is 1. The highest BCUT2D eigenvalue weighted by atomic mass is 32.2. The van der Waals surface area contributed by atoms with Crippen molar-refractivity contribution in [1.29, 1.82) is 0 Å². The second kappa shape index (κ2) is 8.61. The molecule has 0 fully saturated rings. The number of aromatic nitrogens is 5. The number of thioether (sulfide) groups is 1. The number of nitrogens with zero attached hydrogens (tertiary/aromatic N) is 6. The van der Waals surface area contributed by atoms with Crippen LogP contribution in [0.3, 0.4) is 0 Å². The molecule has 0 atom stereocenters. The van der Waals surface area contributed by atoms with Crippen molar-refractivity contribution < 1.29 is 13.8 Å². The van der Waals surface area contributed by atoms with E-state index in [0.29, 0.717) is 17.2 Å².